The van der Waals surface area contributed by atoms with E-state index in [4.69, 9.17) is 23.8 Å². The molecule has 2 N–H and O–H groups in total. The third kappa shape index (κ3) is 3.38. The molecule has 4 fully saturated rings. The molecule has 0 saturated heterocycles. The van der Waals surface area contributed by atoms with E-state index >= 15 is 0 Å². The van der Waals surface area contributed by atoms with Crippen LogP contribution in [0.15, 0.2) is 29.4 Å². The smallest absolute Gasteiger partial charge is 0.187 e. The summed E-state index contributed by atoms with van der Waals surface area (Å²) in [6, 6.07) is 7.58. The lowest BCUT2D eigenvalue weighted by Crippen LogP contribution is -2.61. The van der Waals surface area contributed by atoms with Crippen molar-refractivity contribution in [1.29, 1.82) is 0 Å². The molecule has 4 bridgehead atoms. The second-order valence-electron chi connectivity index (χ2n) is 7.57. The van der Waals surface area contributed by atoms with Crippen LogP contribution in [0.1, 0.15) is 44.1 Å². The molecule has 1 aromatic carbocycles. The molecule has 0 aliphatic heterocycles. The molecule has 1 aromatic rings. The summed E-state index contributed by atoms with van der Waals surface area (Å²) in [5, 5.41) is 9.23. The molecule has 0 heterocycles. The molecule has 0 spiro atoms. The molecule has 5 heteroatoms. The van der Waals surface area contributed by atoms with Crippen molar-refractivity contribution in [2.45, 2.75) is 44.1 Å². The molecule has 0 radical (unpaired) electrons. The number of benzene rings is 1. The zero-order chi connectivity index (χ0) is 15.9. The lowest BCUT2D eigenvalue weighted by molar-refractivity contribution is -0.0101. The summed E-state index contributed by atoms with van der Waals surface area (Å²) >= 11 is 11.3. The molecule has 0 unspecified atom stereocenters. The Morgan fingerprint density at radius 1 is 1.09 bits per heavy atom. The normalized spacial score (nSPS) is 34.7. The maximum Gasteiger partial charge on any atom is 0.187 e. The van der Waals surface area contributed by atoms with E-state index in [1.165, 1.54) is 38.5 Å². The highest BCUT2D eigenvalue weighted by Gasteiger charge is 2.51. The van der Waals surface area contributed by atoms with Gasteiger partial charge >= 0.3 is 0 Å². The Morgan fingerprint density at radius 3 is 2.22 bits per heavy atom. The van der Waals surface area contributed by atoms with Crippen LogP contribution in [0.2, 0.25) is 5.02 Å². The largest absolute Gasteiger partial charge is 0.356 e. The molecule has 5 rings (SSSR count). The van der Waals surface area contributed by atoms with Gasteiger partial charge in [0.25, 0.3) is 0 Å². The minimum atomic E-state index is 0.231. The maximum absolute atomic E-state index is 5.88. The SMILES string of the molecule is S=C(NN=Cc1ccc(Cl)cc1)NC12CC3CC(CC(C3)C1)C2. The number of halogens is 1. The van der Waals surface area contributed by atoms with Gasteiger partial charge in [-0.15, -0.1) is 0 Å². The summed E-state index contributed by atoms with van der Waals surface area (Å²) in [7, 11) is 0. The van der Waals surface area contributed by atoms with Crippen molar-refractivity contribution in [1.82, 2.24) is 10.7 Å². The van der Waals surface area contributed by atoms with Crippen molar-refractivity contribution in [3.05, 3.63) is 34.9 Å². The third-order valence-corrected chi connectivity index (χ3v) is 6.11. The molecule has 4 saturated carbocycles. The Bertz CT molecular complexity index is 590. The van der Waals surface area contributed by atoms with E-state index < -0.39 is 0 Å². The van der Waals surface area contributed by atoms with E-state index in [-0.39, 0.29) is 5.54 Å². The number of hydrogen-bond donors (Lipinski definition) is 2. The van der Waals surface area contributed by atoms with Crippen LogP contribution in [0.4, 0.5) is 0 Å². The van der Waals surface area contributed by atoms with Gasteiger partial charge < -0.3 is 5.32 Å². The van der Waals surface area contributed by atoms with Crippen LogP contribution in [0.25, 0.3) is 0 Å². The van der Waals surface area contributed by atoms with Gasteiger partial charge in [-0.1, -0.05) is 23.7 Å². The predicted octanol–water partition coefficient (Wildman–Crippen LogP) is 4.11. The number of nitrogens with one attached hydrogen (secondary N) is 2. The Morgan fingerprint density at radius 2 is 1.65 bits per heavy atom. The Hall–Kier alpha value is -1.13. The van der Waals surface area contributed by atoms with Crippen LogP contribution in [-0.4, -0.2) is 16.9 Å². The van der Waals surface area contributed by atoms with Crippen LogP contribution in [-0.2, 0) is 0 Å². The van der Waals surface area contributed by atoms with Gasteiger partial charge in [0, 0.05) is 10.6 Å². The van der Waals surface area contributed by atoms with Crippen molar-refractivity contribution in [2.75, 3.05) is 0 Å². The van der Waals surface area contributed by atoms with Crippen LogP contribution in [0.5, 0.6) is 0 Å². The minimum Gasteiger partial charge on any atom is -0.356 e. The van der Waals surface area contributed by atoms with Gasteiger partial charge in [0.05, 0.1) is 6.21 Å². The first kappa shape index (κ1) is 15.4. The van der Waals surface area contributed by atoms with E-state index in [2.05, 4.69) is 15.8 Å². The highest BCUT2D eigenvalue weighted by molar-refractivity contribution is 7.80. The first-order valence-corrected chi connectivity index (χ1v) is 9.26. The Labute approximate surface area is 147 Å². The van der Waals surface area contributed by atoms with Crippen molar-refractivity contribution < 1.29 is 0 Å². The summed E-state index contributed by atoms with van der Waals surface area (Å²) in [6.45, 7) is 0. The average molecular weight is 348 g/mol. The highest BCUT2D eigenvalue weighted by Crippen LogP contribution is 2.55. The van der Waals surface area contributed by atoms with Crippen LogP contribution >= 0.6 is 23.8 Å². The molecule has 0 amide bonds. The predicted molar refractivity (Wildman–Crippen MR) is 98.8 cm³/mol. The molecule has 0 aromatic heterocycles. The van der Waals surface area contributed by atoms with Gasteiger partial charge in [-0.25, -0.2) is 0 Å². The maximum atomic E-state index is 5.88. The Balaban J connectivity index is 1.34. The van der Waals surface area contributed by atoms with Gasteiger partial charge in [0.15, 0.2) is 5.11 Å². The van der Waals surface area contributed by atoms with E-state index in [9.17, 15) is 0 Å². The topological polar surface area (TPSA) is 36.4 Å². The minimum absolute atomic E-state index is 0.231. The number of hydrazone groups is 1. The van der Waals surface area contributed by atoms with Crippen LogP contribution in [0, 0.1) is 17.8 Å². The zero-order valence-electron chi connectivity index (χ0n) is 13.1. The van der Waals surface area contributed by atoms with E-state index in [0.29, 0.717) is 5.11 Å². The van der Waals surface area contributed by atoms with E-state index in [1.807, 2.05) is 24.3 Å². The molecular formula is C18H22ClN3S. The summed E-state index contributed by atoms with van der Waals surface area (Å²) < 4.78 is 0. The second kappa shape index (κ2) is 6.06. The number of rotatable bonds is 3. The molecule has 122 valence electrons. The fourth-order valence-corrected chi connectivity index (χ4v) is 5.64. The fraction of sp³-hybridized carbons (Fsp3) is 0.556. The summed E-state index contributed by atoms with van der Waals surface area (Å²) in [4.78, 5) is 0. The lowest BCUT2D eigenvalue weighted by Gasteiger charge is -2.57. The van der Waals surface area contributed by atoms with Gasteiger partial charge in [-0.2, -0.15) is 5.10 Å². The van der Waals surface area contributed by atoms with E-state index in [1.54, 1.807) is 6.21 Å². The van der Waals surface area contributed by atoms with Gasteiger partial charge in [0.2, 0.25) is 0 Å². The van der Waals surface area contributed by atoms with Gasteiger partial charge in [-0.05, 0) is 86.2 Å². The zero-order valence-corrected chi connectivity index (χ0v) is 14.7. The average Bonchev–Trinajstić information content (AvgIpc) is 2.47. The van der Waals surface area contributed by atoms with Crippen LogP contribution in [0.3, 0.4) is 0 Å². The van der Waals surface area contributed by atoms with Crippen molar-refractivity contribution in [2.24, 2.45) is 22.9 Å². The van der Waals surface area contributed by atoms with Crippen molar-refractivity contribution in [3.8, 4) is 0 Å². The third-order valence-electron chi connectivity index (χ3n) is 5.67. The quantitative estimate of drug-likeness (QED) is 0.491. The van der Waals surface area contributed by atoms with Gasteiger partial charge in [0.1, 0.15) is 0 Å². The molecule has 3 nitrogen and oxygen atoms in total. The lowest BCUT2D eigenvalue weighted by atomic mass is 9.53. The standard InChI is InChI=1S/C18H22ClN3S/c19-16-3-1-12(2-4-16)11-20-22-17(23)21-18-8-13-5-14(9-18)7-15(6-13)10-18/h1-4,11,13-15H,5-10H2,(H2,21,22,23). The molecule has 23 heavy (non-hydrogen) atoms. The number of thiocarbonyl (C=S) groups is 1. The Kier molecular flexibility index (Phi) is 4.06. The van der Waals surface area contributed by atoms with E-state index in [0.717, 1.165) is 28.3 Å². The number of hydrogen-bond acceptors (Lipinski definition) is 2. The number of nitrogens with zero attached hydrogens (tertiary/aromatic N) is 1. The first-order chi connectivity index (χ1) is 11.1. The first-order valence-electron chi connectivity index (χ1n) is 8.47. The summed E-state index contributed by atoms with van der Waals surface area (Å²) in [5.41, 5.74) is 4.21. The fourth-order valence-electron chi connectivity index (χ4n) is 5.25. The molecule has 4 aliphatic rings. The molecule has 0 atom stereocenters. The van der Waals surface area contributed by atoms with Crippen LogP contribution < -0.4 is 10.7 Å². The summed E-state index contributed by atoms with van der Waals surface area (Å²) in [5.74, 6) is 2.73. The second-order valence-corrected chi connectivity index (χ2v) is 8.42. The monoisotopic (exact) mass is 347 g/mol. The summed E-state index contributed by atoms with van der Waals surface area (Å²) in [6.07, 6.45) is 9.93. The molecule has 4 aliphatic carbocycles. The highest BCUT2D eigenvalue weighted by atomic mass is 35.5. The molecular weight excluding hydrogens is 326 g/mol. The van der Waals surface area contributed by atoms with Crippen molar-refractivity contribution in [3.63, 3.8) is 0 Å². The van der Waals surface area contributed by atoms with Gasteiger partial charge in [-0.3, -0.25) is 5.43 Å². The van der Waals surface area contributed by atoms with Crippen molar-refractivity contribution >= 4 is 35.1 Å².